The van der Waals surface area contributed by atoms with Crippen LogP contribution in [-0.2, 0) is 0 Å². The lowest BCUT2D eigenvalue weighted by molar-refractivity contribution is 0.183. The van der Waals surface area contributed by atoms with Crippen LogP contribution >= 0.6 is 0 Å². The van der Waals surface area contributed by atoms with Gasteiger partial charge in [-0.15, -0.1) is 0 Å². The number of rotatable bonds is 0. The molecule has 0 atom stereocenters. The van der Waals surface area contributed by atoms with E-state index in [0.717, 1.165) is 4.73 Å². The summed E-state index contributed by atoms with van der Waals surface area (Å²) in [4.78, 5) is 0. The molecule has 0 radical (unpaired) electrons. The van der Waals surface area contributed by atoms with Crippen LogP contribution < -0.4 is 5.36 Å². The Morgan fingerprint density at radius 3 is 2.33 bits per heavy atom. The van der Waals surface area contributed by atoms with Gasteiger partial charge in [0.05, 0.1) is 0 Å². The average Bonchev–Trinajstić information content (AvgIpc) is 1.90. The minimum atomic E-state index is 0.417. The first-order valence-electron chi connectivity index (χ1n) is 2.38. The monoisotopic (exact) mass is 126 g/mol. The Bertz CT molecular complexity index is 233. The molecule has 0 unspecified atom stereocenters. The summed E-state index contributed by atoms with van der Waals surface area (Å²) in [6.45, 7) is 0. The van der Waals surface area contributed by atoms with Gasteiger partial charge in [0.25, 0.3) is 0 Å². The van der Waals surface area contributed by atoms with Gasteiger partial charge >= 0.3 is 0 Å². The summed E-state index contributed by atoms with van der Waals surface area (Å²) in [6, 6.07) is 2.94. The van der Waals surface area contributed by atoms with Crippen molar-refractivity contribution in [1.29, 1.82) is 0 Å². The first kappa shape index (κ1) is 5.68. The number of hydrogen-bond acceptors (Lipinski definition) is 3. The van der Waals surface area contributed by atoms with Crippen LogP contribution in [0.1, 0.15) is 0 Å². The molecule has 0 aliphatic heterocycles. The van der Waals surface area contributed by atoms with E-state index in [1.807, 2.05) is 0 Å². The molecule has 1 aromatic heterocycles. The summed E-state index contributed by atoms with van der Waals surface area (Å²) in [7, 11) is 0. The van der Waals surface area contributed by atoms with Crippen LogP contribution in [0.2, 0.25) is 0 Å². The van der Waals surface area contributed by atoms with E-state index < -0.39 is 0 Å². The molecule has 4 heteroatoms. The number of nitrogens with zero attached hydrogens (tertiary/aromatic N) is 2. The predicted molar refractivity (Wildman–Crippen MR) is 29.0 cm³/mol. The summed E-state index contributed by atoms with van der Waals surface area (Å²) >= 11 is 0. The van der Waals surface area contributed by atoms with E-state index in [2.05, 4.69) is 5.16 Å². The molecule has 4 nitrogen and oxygen atoms in total. The summed E-state index contributed by atoms with van der Waals surface area (Å²) in [5.74, 6) is 0. The van der Waals surface area contributed by atoms with Gasteiger partial charge in [0.15, 0.2) is 0 Å². The minimum Gasteiger partial charge on any atom is -0.429 e. The average molecular weight is 126 g/mol. The van der Waals surface area contributed by atoms with E-state index in [4.69, 9.17) is 10.4 Å². The Morgan fingerprint density at radius 2 is 1.89 bits per heavy atom. The second-order valence-corrected chi connectivity index (χ2v) is 1.54. The van der Waals surface area contributed by atoms with Crippen molar-refractivity contribution in [2.45, 2.75) is 0 Å². The summed E-state index contributed by atoms with van der Waals surface area (Å²) in [5, 5.41) is 20.1. The second kappa shape index (κ2) is 2.21. The maximum absolute atomic E-state index is 8.65. The molecule has 1 heterocycles. The van der Waals surface area contributed by atoms with E-state index in [0.29, 0.717) is 5.36 Å². The first-order valence-corrected chi connectivity index (χ1v) is 2.38. The lowest BCUT2D eigenvalue weighted by Crippen LogP contribution is -2.02. The summed E-state index contributed by atoms with van der Waals surface area (Å²) < 4.78 is 0.870. The Kier molecular flexibility index (Phi) is 1.40. The van der Waals surface area contributed by atoms with Crippen molar-refractivity contribution < 1.29 is 10.4 Å². The van der Waals surface area contributed by atoms with Crippen molar-refractivity contribution in [2.75, 3.05) is 0 Å². The van der Waals surface area contributed by atoms with Crippen LogP contribution in [0, 0.1) is 0 Å². The van der Waals surface area contributed by atoms with Crippen molar-refractivity contribution in [3.05, 3.63) is 29.9 Å². The third-order valence-corrected chi connectivity index (χ3v) is 0.912. The van der Waals surface area contributed by atoms with E-state index in [-0.39, 0.29) is 0 Å². The maximum Gasteiger partial charge on any atom is 0.105 e. The molecule has 1 rings (SSSR count). The lowest BCUT2D eigenvalue weighted by Gasteiger charge is -1.90. The van der Waals surface area contributed by atoms with Crippen LogP contribution in [0.15, 0.2) is 29.7 Å². The lowest BCUT2D eigenvalue weighted by atomic mass is 10.5. The van der Waals surface area contributed by atoms with Crippen molar-refractivity contribution in [2.24, 2.45) is 5.16 Å². The number of hydrogen-bond donors (Lipinski definition) is 2. The van der Waals surface area contributed by atoms with Gasteiger partial charge in [-0.2, -0.15) is 0 Å². The molecule has 0 spiro atoms. The third-order valence-electron chi connectivity index (χ3n) is 0.912. The Hall–Kier alpha value is -1.45. The van der Waals surface area contributed by atoms with Gasteiger partial charge in [-0.25, -0.2) is 4.73 Å². The maximum atomic E-state index is 8.65. The zero-order valence-electron chi connectivity index (χ0n) is 4.60. The number of pyridine rings is 1. The standard InChI is InChI=1S/C5H6N2O2/c8-6-5-1-3-7(9)4-2-5/h1-4,8-9H. The van der Waals surface area contributed by atoms with E-state index in [9.17, 15) is 0 Å². The SMILES string of the molecule is ON=c1ccn(O)cc1. The molecule has 2 N–H and O–H groups in total. The largest absolute Gasteiger partial charge is 0.429 e. The quantitative estimate of drug-likeness (QED) is 0.292. The molecular weight excluding hydrogens is 120 g/mol. The highest BCUT2D eigenvalue weighted by molar-refractivity contribution is 4.89. The smallest absolute Gasteiger partial charge is 0.105 e. The number of aromatic nitrogens is 1. The van der Waals surface area contributed by atoms with E-state index >= 15 is 0 Å². The molecule has 0 saturated heterocycles. The van der Waals surface area contributed by atoms with Gasteiger partial charge < -0.3 is 10.4 Å². The molecule has 0 aliphatic carbocycles. The molecular formula is C5H6N2O2. The molecule has 0 bridgehead atoms. The fourth-order valence-corrected chi connectivity index (χ4v) is 0.477. The van der Waals surface area contributed by atoms with Crippen molar-refractivity contribution in [3.8, 4) is 0 Å². The van der Waals surface area contributed by atoms with Gasteiger partial charge in [0, 0.05) is 12.4 Å². The minimum absolute atomic E-state index is 0.417. The molecule has 0 aliphatic rings. The van der Waals surface area contributed by atoms with Crippen molar-refractivity contribution in [1.82, 2.24) is 4.73 Å². The van der Waals surface area contributed by atoms with Gasteiger partial charge in [0.1, 0.15) is 5.36 Å². The van der Waals surface area contributed by atoms with Crippen LogP contribution in [-0.4, -0.2) is 15.1 Å². The van der Waals surface area contributed by atoms with Gasteiger partial charge in [-0.3, -0.25) is 0 Å². The normalized spacial score (nSPS) is 8.89. The predicted octanol–water partition coefficient (Wildman–Crippen LogP) is 0.0153. The molecule has 1 aromatic rings. The molecule has 0 aromatic carbocycles. The molecule has 0 fully saturated rings. The highest BCUT2D eigenvalue weighted by atomic mass is 16.5. The molecule has 48 valence electrons. The Morgan fingerprint density at radius 1 is 1.33 bits per heavy atom. The fourth-order valence-electron chi connectivity index (χ4n) is 0.477. The highest BCUT2D eigenvalue weighted by Gasteiger charge is 1.78. The van der Waals surface area contributed by atoms with Gasteiger partial charge in [-0.1, -0.05) is 5.16 Å². The molecule has 9 heavy (non-hydrogen) atoms. The van der Waals surface area contributed by atoms with Crippen molar-refractivity contribution in [3.63, 3.8) is 0 Å². The molecule has 0 amide bonds. The topological polar surface area (TPSA) is 57.8 Å². The Labute approximate surface area is 51.3 Å². The van der Waals surface area contributed by atoms with E-state index in [1.165, 1.54) is 24.5 Å². The van der Waals surface area contributed by atoms with Crippen molar-refractivity contribution >= 4 is 0 Å². The second-order valence-electron chi connectivity index (χ2n) is 1.54. The zero-order chi connectivity index (χ0) is 6.69. The molecule has 0 saturated carbocycles. The summed E-state index contributed by atoms with van der Waals surface area (Å²) in [6.07, 6.45) is 2.74. The van der Waals surface area contributed by atoms with Crippen LogP contribution in [0.3, 0.4) is 0 Å². The van der Waals surface area contributed by atoms with Crippen LogP contribution in [0.5, 0.6) is 0 Å². The first-order chi connectivity index (χ1) is 4.33. The van der Waals surface area contributed by atoms with Crippen LogP contribution in [0.4, 0.5) is 0 Å². The highest BCUT2D eigenvalue weighted by Crippen LogP contribution is 1.74. The zero-order valence-corrected chi connectivity index (χ0v) is 4.60. The third kappa shape index (κ3) is 1.22. The van der Waals surface area contributed by atoms with E-state index in [1.54, 1.807) is 0 Å². The fraction of sp³-hybridized carbons (Fsp3) is 0. The Balaban J connectivity index is 3.17. The van der Waals surface area contributed by atoms with Gasteiger partial charge in [-0.05, 0) is 12.1 Å². The van der Waals surface area contributed by atoms with Crippen LogP contribution in [0.25, 0.3) is 0 Å². The summed E-state index contributed by atoms with van der Waals surface area (Å²) in [5.41, 5.74) is 0. The van der Waals surface area contributed by atoms with Gasteiger partial charge in [0.2, 0.25) is 0 Å².